The summed E-state index contributed by atoms with van der Waals surface area (Å²) < 4.78 is 5.77. The number of nitrogens with two attached hydrogens (primary N) is 1. The van der Waals surface area contributed by atoms with Crippen molar-refractivity contribution in [2.24, 2.45) is 5.73 Å². The maximum absolute atomic E-state index is 12.8. The van der Waals surface area contributed by atoms with E-state index in [0.29, 0.717) is 24.3 Å². The number of aryl methyl sites for hydroxylation is 2. The monoisotopic (exact) mass is 492 g/mol. The van der Waals surface area contributed by atoms with E-state index in [9.17, 15) is 14.7 Å². The largest absolute Gasteiger partial charge is 0.481 e. The highest BCUT2D eigenvalue weighted by molar-refractivity contribution is 5.87. The molecule has 1 fully saturated rings. The molecule has 3 N–H and O–H groups in total. The topological polar surface area (TPSA) is 106 Å². The van der Waals surface area contributed by atoms with Gasteiger partial charge in [-0.05, 0) is 60.4 Å². The zero-order valence-electron chi connectivity index (χ0n) is 20.6. The van der Waals surface area contributed by atoms with Crippen molar-refractivity contribution in [2.75, 3.05) is 0 Å². The molecule has 2 aliphatic rings. The first kappa shape index (κ1) is 23.2. The molecule has 6 nitrogen and oxygen atoms in total. The summed E-state index contributed by atoms with van der Waals surface area (Å²) in [7, 11) is 0. The Hall–Kier alpha value is -4.19. The summed E-state index contributed by atoms with van der Waals surface area (Å²) in [5, 5.41) is 13.8. The summed E-state index contributed by atoms with van der Waals surface area (Å²) in [5.41, 5.74) is 12.9. The molecule has 0 bridgehead atoms. The molecule has 1 unspecified atom stereocenters. The van der Waals surface area contributed by atoms with Gasteiger partial charge in [-0.25, -0.2) is 0 Å². The number of carboxylic acids is 1. The Morgan fingerprint density at radius 3 is 2.22 bits per heavy atom. The molecule has 1 aromatic heterocycles. The van der Waals surface area contributed by atoms with Crippen molar-refractivity contribution in [1.29, 1.82) is 0 Å². The maximum Gasteiger partial charge on any atom is 0.314 e. The molecular formula is C31H28N2O4. The SMILES string of the molecule is Cc1noc(-c2ccc(-c3ccc(C4(C(=O)O)CC4)cc3)cc2)c1C(C(N)=O)[C@@H]1CCc2ccccc21. The maximum atomic E-state index is 12.8. The highest BCUT2D eigenvalue weighted by Gasteiger charge is 2.51. The predicted molar refractivity (Wildman–Crippen MR) is 140 cm³/mol. The molecule has 0 radical (unpaired) electrons. The van der Waals surface area contributed by atoms with Crippen molar-refractivity contribution >= 4 is 11.9 Å². The second-order valence-electron chi connectivity index (χ2n) is 10.3. The third-order valence-electron chi connectivity index (χ3n) is 8.18. The zero-order chi connectivity index (χ0) is 25.7. The number of hydrogen-bond donors (Lipinski definition) is 2. The van der Waals surface area contributed by atoms with E-state index in [1.165, 1.54) is 11.1 Å². The van der Waals surface area contributed by atoms with Crippen molar-refractivity contribution in [3.8, 4) is 22.5 Å². The molecule has 6 rings (SSSR count). The molecule has 4 aromatic rings. The Bertz CT molecular complexity index is 1500. The van der Waals surface area contributed by atoms with Crippen LogP contribution >= 0.6 is 0 Å². The number of carboxylic acid groups (broad SMARTS) is 1. The third-order valence-corrected chi connectivity index (χ3v) is 8.18. The minimum atomic E-state index is -0.752. The molecule has 2 atom stereocenters. The van der Waals surface area contributed by atoms with Gasteiger partial charge in [-0.2, -0.15) is 0 Å². The van der Waals surface area contributed by atoms with E-state index in [4.69, 9.17) is 10.3 Å². The van der Waals surface area contributed by atoms with Crippen molar-refractivity contribution in [3.63, 3.8) is 0 Å². The second kappa shape index (κ2) is 8.73. The molecule has 3 aromatic carbocycles. The van der Waals surface area contributed by atoms with Crippen LogP contribution in [0, 0.1) is 6.92 Å². The molecule has 1 saturated carbocycles. The van der Waals surface area contributed by atoms with E-state index in [-0.39, 0.29) is 11.8 Å². The van der Waals surface area contributed by atoms with Gasteiger partial charge in [-0.15, -0.1) is 0 Å². The number of carbonyl (C=O) groups excluding carboxylic acids is 1. The second-order valence-corrected chi connectivity index (χ2v) is 10.3. The van der Waals surface area contributed by atoms with Crippen molar-refractivity contribution in [1.82, 2.24) is 5.16 Å². The van der Waals surface area contributed by atoms with Gasteiger partial charge in [0.25, 0.3) is 0 Å². The van der Waals surface area contributed by atoms with Gasteiger partial charge in [0.05, 0.1) is 17.0 Å². The quantitative estimate of drug-likeness (QED) is 0.343. The lowest BCUT2D eigenvalue weighted by Gasteiger charge is -2.22. The minimum Gasteiger partial charge on any atom is -0.481 e. The first-order valence-electron chi connectivity index (χ1n) is 12.7. The number of fused-ring (bicyclic) bond motifs is 1. The molecule has 0 spiro atoms. The van der Waals surface area contributed by atoms with E-state index in [2.05, 4.69) is 17.3 Å². The number of nitrogens with zero attached hydrogens (tertiary/aromatic N) is 1. The minimum absolute atomic E-state index is 0.0103. The third kappa shape index (κ3) is 3.84. The van der Waals surface area contributed by atoms with Gasteiger partial charge in [0.1, 0.15) is 0 Å². The number of carbonyl (C=O) groups is 2. The normalized spacial score (nSPS) is 18.2. The van der Waals surface area contributed by atoms with Crippen LogP contribution in [0.25, 0.3) is 22.5 Å². The van der Waals surface area contributed by atoms with Crippen LogP contribution in [-0.4, -0.2) is 22.1 Å². The molecular weight excluding hydrogens is 464 g/mol. The highest BCUT2D eigenvalue weighted by atomic mass is 16.5. The number of hydrogen-bond acceptors (Lipinski definition) is 4. The van der Waals surface area contributed by atoms with Gasteiger partial charge in [0.15, 0.2) is 5.76 Å². The summed E-state index contributed by atoms with van der Waals surface area (Å²) in [5.74, 6) is -1.09. The standard InChI is InChI=1S/C31H28N2O4/c1-18-26(27(29(32)34)25-15-12-21-4-2-3-5-24(21)25)28(37-33-18)22-8-6-19(7-9-22)20-10-13-23(14-11-20)31(16-17-31)30(35)36/h2-11,13-14,25,27H,12,15-17H2,1H3,(H2,32,34)(H,35,36)/t25-,27?/m1/s1. The van der Waals surface area contributed by atoms with Gasteiger partial charge in [-0.1, -0.05) is 78.0 Å². The predicted octanol–water partition coefficient (Wildman–Crippen LogP) is 5.73. The van der Waals surface area contributed by atoms with E-state index in [1.54, 1.807) is 0 Å². The van der Waals surface area contributed by atoms with Gasteiger partial charge < -0.3 is 15.4 Å². The molecule has 6 heteroatoms. The molecule has 1 heterocycles. The van der Waals surface area contributed by atoms with Gasteiger partial charge in [0.2, 0.25) is 5.91 Å². The van der Waals surface area contributed by atoms with Crippen molar-refractivity contribution < 1.29 is 19.2 Å². The number of primary amides is 1. The van der Waals surface area contributed by atoms with Crippen LogP contribution in [0.15, 0.2) is 77.3 Å². The molecule has 186 valence electrons. The van der Waals surface area contributed by atoms with Crippen LogP contribution in [0.5, 0.6) is 0 Å². The molecule has 37 heavy (non-hydrogen) atoms. The Balaban J connectivity index is 1.31. The molecule has 1 amide bonds. The van der Waals surface area contributed by atoms with Gasteiger partial charge >= 0.3 is 5.97 Å². The fourth-order valence-electron chi connectivity index (χ4n) is 5.98. The van der Waals surface area contributed by atoms with Crippen LogP contribution in [0.3, 0.4) is 0 Å². The van der Waals surface area contributed by atoms with Crippen LogP contribution in [0.2, 0.25) is 0 Å². The highest BCUT2D eigenvalue weighted by Crippen LogP contribution is 2.49. The fourth-order valence-corrected chi connectivity index (χ4v) is 5.98. The first-order valence-corrected chi connectivity index (χ1v) is 12.7. The number of amides is 1. The summed E-state index contributed by atoms with van der Waals surface area (Å²) in [6.45, 7) is 1.86. The van der Waals surface area contributed by atoms with Crippen molar-refractivity contribution in [2.45, 2.75) is 49.9 Å². The van der Waals surface area contributed by atoms with Crippen LogP contribution in [0.1, 0.15) is 59.0 Å². The lowest BCUT2D eigenvalue weighted by molar-refractivity contribution is -0.140. The van der Waals surface area contributed by atoms with Crippen LogP contribution < -0.4 is 5.73 Å². The van der Waals surface area contributed by atoms with Crippen LogP contribution in [-0.2, 0) is 21.4 Å². The van der Waals surface area contributed by atoms with E-state index >= 15 is 0 Å². The van der Waals surface area contributed by atoms with Gasteiger partial charge in [-0.3, -0.25) is 9.59 Å². The fraction of sp³-hybridized carbons (Fsp3) is 0.258. The van der Waals surface area contributed by atoms with Crippen LogP contribution in [0.4, 0.5) is 0 Å². The summed E-state index contributed by atoms with van der Waals surface area (Å²) in [6.07, 6.45) is 3.16. The van der Waals surface area contributed by atoms with E-state index in [0.717, 1.165) is 40.7 Å². The average molecular weight is 493 g/mol. The number of rotatable bonds is 7. The molecule has 0 saturated heterocycles. The zero-order valence-corrected chi connectivity index (χ0v) is 20.6. The number of aromatic nitrogens is 1. The summed E-state index contributed by atoms with van der Waals surface area (Å²) >= 11 is 0. The smallest absolute Gasteiger partial charge is 0.314 e. The number of benzene rings is 3. The van der Waals surface area contributed by atoms with E-state index < -0.39 is 17.3 Å². The molecule has 0 aliphatic heterocycles. The summed E-state index contributed by atoms with van der Waals surface area (Å²) in [4.78, 5) is 24.5. The molecule has 2 aliphatic carbocycles. The van der Waals surface area contributed by atoms with Crippen molar-refractivity contribution in [3.05, 3.63) is 101 Å². The Labute approximate surface area is 215 Å². The van der Waals surface area contributed by atoms with E-state index in [1.807, 2.05) is 67.6 Å². The summed E-state index contributed by atoms with van der Waals surface area (Å²) in [6, 6.07) is 23.9. The average Bonchev–Trinajstić information content (AvgIpc) is 3.51. The van der Waals surface area contributed by atoms with Gasteiger partial charge in [0, 0.05) is 17.0 Å². The Morgan fingerprint density at radius 1 is 0.973 bits per heavy atom. The lowest BCUT2D eigenvalue weighted by Crippen LogP contribution is -2.27. The first-order chi connectivity index (χ1) is 17.9. The Morgan fingerprint density at radius 2 is 1.59 bits per heavy atom. The number of aliphatic carboxylic acids is 1. The lowest BCUT2D eigenvalue weighted by atomic mass is 9.80. The Kier molecular flexibility index (Phi) is 5.48.